The minimum absolute atomic E-state index is 0.112. The number of nitrogens with zero attached hydrogens (tertiary/aromatic N) is 2. The maximum atomic E-state index is 12.0. The lowest BCUT2D eigenvalue weighted by atomic mass is 9.92. The van der Waals surface area contributed by atoms with Crippen LogP contribution in [0.4, 0.5) is 10.5 Å². The topological polar surface area (TPSA) is 35.6 Å². The zero-order valence-corrected chi connectivity index (χ0v) is 12.1. The first kappa shape index (κ1) is 13.4. The van der Waals surface area contributed by atoms with Crippen LogP contribution in [0.25, 0.3) is 0 Å². The van der Waals surface area contributed by atoms with Crippen LogP contribution in [0.1, 0.15) is 18.4 Å². The lowest BCUT2D eigenvalue weighted by molar-refractivity contribution is 0.229. The van der Waals surface area contributed by atoms with Gasteiger partial charge >= 0.3 is 6.03 Å². The summed E-state index contributed by atoms with van der Waals surface area (Å²) in [7, 11) is 1.86. The first-order valence-electron chi connectivity index (χ1n) is 7.56. The summed E-state index contributed by atoms with van der Waals surface area (Å²) in [6, 6.07) is 8.60. The molecule has 0 aliphatic carbocycles. The fourth-order valence-corrected chi connectivity index (χ4v) is 3.17. The number of rotatable bonds is 3. The molecule has 2 heterocycles. The number of nitrogens with one attached hydrogen (secondary N) is 1. The number of piperidine rings is 1. The molecule has 2 aliphatic rings. The second kappa shape index (κ2) is 5.83. The van der Waals surface area contributed by atoms with E-state index in [1.54, 1.807) is 4.90 Å². The first-order chi connectivity index (χ1) is 9.74. The number of carbonyl (C=O) groups is 1. The standard InChI is InChI=1S/C16H23N3O/c1-18-8-9-19(16(18)20)15-6-2-4-13(11-15)10-14-5-3-7-17-12-14/h2,4,6,11,14,17H,3,5,7-10,12H2,1H3. The van der Waals surface area contributed by atoms with Gasteiger partial charge in [0.25, 0.3) is 0 Å². The minimum atomic E-state index is 0.112. The molecule has 2 aliphatic heterocycles. The Morgan fingerprint density at radius 1 is 1.35 bits per heavy atom. The Morgan fingerprint density at radius 3 is 2.95 bits per heavy atom. The number of carbonyl (C=O) groups excluding carboxylic acids is 1. The van der Waals surface area contributed by atoms with Gasteiger partial charge in [-0.2, -0.15) is 0 Å². The number of amides is 2. The molecule has 2 saturated heterocycles. The predicted octanol–water partition coefficient (Wildman–Crippen LogP) is 2.10. The average molecular weight is 273 g/mol. The molecular weight excluding hydrogens is 250 g/mol. The molecule has 0 aromatic heterocycles. The van der Waals surface area contributed by atoms with E-state index in [0.29, 0.717) is 0 Å². The third kappa shape index (κ3) is 2.80. The van der Waals surface area contributed by atoms with Crippen molar-refractivity contribution in [2.45, 2.75) is 19.3 Å². The van der Waals surface area contributed by atoms with Crippen LogP contribution in [-0.4, -0.2) is 44.2 Å². The molecule has 3 rings (SSSR count). The fourth-order valence-electron chi connectivity index (χ4n) is 3.17. The molecule has 1 N–H and O–H groups in total. The van der Waals surface area contributed by atoms with Crippen molar-refractivity contribution in [3.8, 4) is 0 Å². The number of urea groups is 1. The highest BCUT2D eigenvalue weighted by Gasteiger charge is 2.26. The Hall–Kier alpha value is -1.55. The molecule has 2 amide bonds. The maximum Gasteiger partial charge on any atom is 0.324 e. The number of hydrogen-bond acceptors (Lipinski definition) is 2. The molecule has 0 spiro atoms. The molecule has 20 heavy (non-hydrogen) atoms. The van der Waals surface area contributed by atoms with E-state index in [1.165, 1.54) is 18.4 Å². The largest absolute Gasteiger partial charge is 0.326 e. The van der Waals surface area contributed by atoms with Crippen LogP contribution in [0, 0.1) is 5.92 Å². The van der Waals surface area contributed by atoms with Gasteiger partial charge in [0, 0.05) is 25.8 Å². The molecule has 2 fully saturated rings. The van der Waals surface area contributed by atoms with E-state index < -0.39 is 0 Å². The van der Waals surface area contributed by atoms with Gasteiger partial charge in [-0.15, -0.1) is 0 Å². The Balaban J connectivity index is 1.71. The van der Waals surface area contributed by atoms with Crippen LogP contribution in [0.3, 0.4) is 0 Å². The predicted molar refractivity (Wildman–Crippen MR) is 81.1 cm³/mol. The second-order valence-electron chi connectivity index (χ2n) is 5.94. The highest BCUT2D eigenvalue weighted by molar-refractivity contribution is 5.93. The van der Waals surface area contributed by atoms with Gasteiger partial charge in [0.1, 0.15) is 0 Å². The zero-order valence-electron chi connectivity index (χ0n) is 12.1. The van der Waals surface area contributed by atoms with E-state index in [-0.39, 0.29) is 6.03 Å². The van der Waals surface area contributed by atoms with Crippen molar-refractivity contribution < 1.29 is 4.79 Å². The molecular formula is C16H23N3O. The smallest absolute Gasteiger partial charge is 0.324 e. The second-order valence-corrected chi connectivity index (χ2v) is 5.94. The molecule has 0 saturated carbocycles. The van der Waals surface area contributed by atoms with Crippen molar-refractivity contribution >= 4 is 11.7 Å². The Morgan fingerprint density at radius 2 is 2.25 bits per heavy atom. The first-order valence-corrected chi connectivity index (χ1v) is 7.56. The molecule has 4 nitrogen and oxygen atoms in total. The van der Waals surface area contributed by atoms with Gasteiger partial charge < -0.3 is 10.2 Å². The number of likely N-dealkylation sites (N-methyl/N-ethyl adjacent to an activating group) is 1. The molecule has 108 valence electrons. The van der Waals surface area contributed by atoms with Gasteiger partial charge in [-0.3, -0.25) is 4.90 Å². The van der Waals surface area contributed by atoms with Crippen molar-refractivity contribution in [2.75, 3.05) is 38.1 Å². The number of benzene rings is 1. The lowest BCUT2D eigenvalue weighted by Crippen LogP contribution is -2.31. The number of anilines is 1. The van der Waals surface area contributed by atoms with Gasteiger partial charge in [-0.05, 0) is 56.0 Å². The van der Waals surface area contributed by atoms with Crippen LogP contribution in [0.5, 0.6) is 0 Å². The van der Waals surface area contributed by atoms with Gasteiger partial charge in [0.05, 0.1) is 0 Å². The van der Waals surface area contributed by atoms with E-state index in [2.05, 4.69) is 23.5 Å². The van der Waals surface area contributed by atoms with Crippen molar-refractivity contribution in [1.29, 1.82) is 0 Å². The summed E-state index contributed by atoms with van der Waals surface area (Å²) >= 11 is 0. The Bertz CT molecular complexity index is 482. The van der Waals surface area contributed by atoms with Crippen molar-refractivity contribution in [1.82, 2.24) is 10.2 Å². The minimum Gasteiger partial charge on any atom is -0.326 e. The lowest BCUT2D eigenvalue weighted by Gasteiger charge is -2.23. The summed E-state index contributed by atoms with van der Waals surface area (Å²) in [6.07, 6.45) is 3.70. The van der Waals surface area contributed by atoms with Crippen LogP contribution < -0.4 is 10.2 Å². The fraction of sp³-hybridized carbons (Fsp3) is 0.562. The van der Waals surface area contributed by atoms with Crippen molar-refractivity contribution in [3.05, 3.63) is 29.8 Å². The summed E-state index contributed by atoms with van der Waals surface area (Å²) in [5.41, 5.74) is 2.39. The van der Waals surface area contributed by atoms with Gasteiger partial charge in [-0.25, -0.2) is 4.79 Å². The maximum absolute atomic E-state index is 12.0. The molecule has 4 heteroatoms. The van der Waals surface area contributed by atoms with Crippen LogP contribution in [0.15, 0.2) is 24.3 Å². The van der Waals surface area contributed by atoms with Gasteiger partial charge in [-0.1, -0.05) is 12.1 Å². The number of hydrogen-bond donors (Lipinski definition) is 1. The Labute approximate surface area is 120 Å². The third-order valence-electron chi connectivity index (χ3n) is 4.36. The highest BCUT2D eigenvalue weighted by Crippen LogP contribution is 2.23. The molecule has 1 atom stereocenters. The Kier molecular flexibility index (Phi) is 3.92. The third-order valence-corrected chi connectivity index (χ3v) is 4.36. The molecule has 0 bridgehead atoms. The molecule has 1 aromatic carbocycles. The van der Waals surface area contributed by atoms with Crippen molar-refractivity contribution in [3.63, 3.8) is 0 Å². The summed E-state index contributed by atoms with van der Waals surface area (Å²) in [5, 5.41) is 3.47. The van der Waals surface area contributed by atoms with Crippen molar-refractivity contribution in [2.24, 2.45) is 5.92 Å². The molecule has 1 unspecified atom stereocenters. The van der Waals surface area contributed by atoms with Crippen LogP contribution in [0.2, 0.25) is 0 Å². The summed E-state index contributed by atoms with van der Waals surface area (Å²) in [6.45, 7) is 3.89. The van der Waals surface area contributed by atoms with E-state index >= 15 is 0 Å². The molecule has 1 aromatic rings. The van der Waals surface area contributed by atoms with Crippen LogP contribution in [-0.2, 0) is 6.42 Å². The van der Waals surface area contributed by atoms with E-state index in [4.69, 9.17) is 0 Å². The van der Waals surface area contributed by atoms with Crippen LogP contribution >= 0.6 is 0 Å². The van der Waals surface area contributed by atoms with E-state index in [0.717, 1.165) is 44.2 Å². The normalized spacial score (nSPS) is 23.4. The summed E-state index contributed by atoms with van der Waals surface area (Å²) in [4.78, 5) is 15.7. The SMILES string of the molecule is CN1CCN(c2cccc(CC3CCCNC3)c2)C1=O. The van der Waals surface area contributed by atoms with Gasteiger partial charge in [0.2, 0.25) is 0 Å². The monoisotopic (exact) mass is 273 g/mol. The summed E-state index contributed by atoms with van der Waals surface area (Å²) < 4.78 is 0. The van der Waals surface area contributed by atoms with E-state index in [9.17, 15) is 4.79 Å². The molecule has 0 radical (unpaired) electrons. The quantitative estimate of drug-likeness (QED) is 0.915. The highest BCUT2D eigenvalue weighted by atomic mass is 16.2. The summed E-state index contributed by atoms with van der Waals surface area (Å²) in [5.74, 6) is 0.732. The van der Waals surface area contributed by atoms with Gasteiger partial charge in [0.15, 0.2) is 0 Å². The zero-order chi connectivity index (χ0) is 13.9. The average Bonchev–Trinajstić information content (AvgIpc) is 2.80. The van der Waals surface area contributed by atoms with E-state index in [1.807, 2.05) is 18.0 Å².